The first-order chi connectivity index (χ1) is 8.77. The summed E-state index contributed by atoms with van der Waals surface area (Å²) in [5, 5.41) is 7.51. The summed E-state index contributed by atoms with van der Waals surface area (Å²) in [6.07, 6.45) is 1.16. The van der Waals surface area contributed by atoms with Gasteiger partial charge in [-0.2, -0.15) is 0 Å². The van der Waals surface area contributed by atoms with Crippen molar-refractivity contribution >= 4 is 11.8 Å². The number of nitrogens with zero attached hydrogens (tertiary/aromatic N) is 3. The van der Waals surface area contributed by atoms with E-state index < -0.39 is 0 Å². The van der Waals surface area contributed by atoms with Crippen molar-refractivity contribution in [3.05, 3.63) is 17.5 Å². The van der Waals surface area contributed by atoms with Crippen molar-refractivity contribution in [3.8, 4) is 0 Å². The molecule has 2 rings (SSSR count). The van der Waals surface area contributed by atoms with Gasteiger partial charge in [-0.25, -0.2) is 9.97 Å². The van der Waals surface area contributed by atoms with Crippen LogP contribution in [0.5, 0.6) is 0 Å². The molecule has 5 nitrogen and oxygen atoms in total. The zero-order valence-electron chi connectivity index (χ0n) is 12.2. The predicted octanol–water partition coefficient (Wildman–Crippen LogP) is 1.94. The first-order valence-electron chi connectivity index (χ1n) is 6.72. The SMILES string of the molecule is Cc1cc(C(=N)N)nc(N2CCC(C(C)(C)C)C2)n1. The van der Waals surface area contributed by atoms with Crippen LogP contribution in [-0.2, 0) is 0 Å². The average Bonchev–Trinajstić information content (AvgIpc) is 2.76. The Balaban J connectivity index is 2.22. The van der Waals surface area contributed by atoms with Crippen LogP contribution >= 0.6 is 0 Å². The molecule has 0 bridgehead atoms. The summed E-state index contributed by atoms with van der Waals surface area (Å²) in [7, 11) is 0. The first-order valence-corrected chi connectivity index (χ1v) is 6.72. The summed E-state index contributed by atoms with van der Waals surface area (Å²) < 4.78 is 0. The van der Waals surface area contributed by atoms with Gasteiger partial charge in [0, 0.05) is 18.8 Å². The second-order valence-electron chi connectivity index (χ2n) is 6.41. The molecular formula is C14H23N5. The third-order valence-corrected chi connectivity index (χ3v) is 3.81. The number of amidine groups is 1. The minimum Gasteiger partial charge on any atom is -0.382 e. The van der Waals surface area contributed by atoms with Gasteiger partial charge in [0.15, 0.2) is 0 Å². The van der Waals surface area contributed by atoms with Crippen molar-refractivity contribution in [1.29, 1.82) is 5.41 Å². The highest BCUT2D eigenvalue weighted by atomic mass is 15.3. The predicted molar refractivity (Wildman–Crippen MR) is 77.6 cm³/mol. The van der Waals surface area contributed by atoms with Crippen molar-refractivity contribution in [3.63, 3.8) is 0 Å². The van der Waals surface area contributed by atoms with E-state index in [1.54, 1.807) is 6.07 Å². The van der Waals surface area contributed by atoms with E-state index in [-0.39, 0.29) is 5.84 Å². The summed E-state index contributed by atoms with van der Waals surface area (Å²) in [6.45, 7) is 10.7. The lowest BCUT2D eigenvalue weighted by Crippen LogP contribution is -2.28. The Morgan fingerprint density at radius 2 is 2.11 bits per heavy atom. The van der Waals surface area contributed by atoms with Crippen molar-refractivity contribution in [1.82, 2.24) is 9.97 Å². The van der Waals surface area contributed by atoms with Crippen LogP contribution in [-0.4, -0.2) is 28.9 Å². The molecule has 5 heteroatoms. The summed E-state index contributed by atoms with van der Waals surface area (Å²) in [6, 6.07) is 1.75. The van der Waals surface area contributed by atoms with Crippen LogP contribution in [0, 0.1) is 23.7 Å². The molecule has 1 aliphatic rings. The van der Waals surface area contributed by atoms with Crippen LogP contribution in [0.3, 0.4) is 0 Å². The van der Waals surface area contributed by atoms with Crippen LogP contribution < -0.4 is 10.6 Å². The van der Waals surface area contributed by atoms with E-state index in [9.17, 15) is 0 Å². The molecule has 3 N–H and O–H groups in total. The number of hydrogen-bond acceptors (Lipinski definition) is 4. The van der Waals surface area contributed by atoms with Gasteiger partial charge in [0.05, 0.1) is 0 Å². The van der Waals surface area contributed by atoms with Gasteiger partial charge in [-0.05, 0) is 30.7 Å². The summed E-state index contributed by atoms with van der Waals surface area (Å²) in [5.74, 6) is 1.35. The number of hydrogen-bond donors (Lipinski definition) is 2. The fourth-order valence-corrected chi connectivity index (χ4v) is 2.48. The molecule has 1 aliphatic heterocycles. The highest BCUT2D eigenvalue weighted by Gasteiger charge is 2.32. The lowest BCUT2D eigenvalue weighted by Gasteiger charge is -2.27. The number of nitrogen functional groups attached to an aromatic ring is 1. The fourth-order valence-electron chi connectivity index (χ4n) is 2.48. The number of aryl methyl sites for hydroxylation is 1. The number of nitrogens with one attached hydrogen (secondary N) is 1. The lowest BCUT2D eigenvalue weighted by atomic mass is 9.80. The van der Waals surface area contributed by atoms with E-state index in [4.69, 9.17) is 11.1 Å². The van der Waals surface area contributed by atoms with E-state index in [1.165, 1.54) is 0 Å². The molecule has 104 valence electrons. The van der Waals surface area contributed by atoms with Crippen LogP contribution in [0.1, 0.15) is 38.6 Å². The Hall–Kier alpha value is -1.65. The summed E-state index contributed by atoms with van der Waals surface area (Å²) in [4.78, 5) is 11.1. The van der Waals surface area contributed by atoms with Gasteiger partial charge in [-0.15, -0.1) is 0 Å². The summed E-state index contributed by atoms with van der Waals surface area (Å²) in [5.41, 5.74) is 7.20. The maximum Gasteiger partial charge on any atom is 0.226 e. The van der Waals surface area contributed by atoms with Crippen molar-refractivity contribution in [2.75, 3.05) is 18.0 Å². The number of anilines is 1. The Morgan fingerprint density at radius 3 is 2.63 bits per heavy atom. The molecule has 0 amide bonds. The van der Waals surface area contributed by atoms with Crippen LogP contribution in [0.25, 0.3) is 0 Å². The monoisotopic (exact) mass is 261 g/mol. The molecule has 0 aromatic carbocycles. The molecule has 0 aliphatic carbocycles. The van der Waals surface area contributed by atoms with E-state index >= 15 is 0 Å². The Labute approximate surface area is 114 Å². The Bertz CT molecular complexity index is 489. The van der Waals surface area contributed by atoms with Crippen molar-refractivity contribution in [2.24, 2.45) is 17.1 Å². The maximum atomic E-state index is 7.51. The fraction of sp³-hybridized carbons (Fsp3) is 0.643. The molecule has 1 unspecified atom stereocenters. The van der Waals surface area contributed by atoms with E-state index in [1.807, 2.05) is 6.92 Å². The molecule has 0 saturated carbocycles. The number of aromatic nitrogens is 2. The maximum absolute atomic E-state index is 7.51. The zero-order valence-corrected chi connectivity index (χ0v) is 12.2. The molecule has 1 aromatic heterocycles. The normalized spacial score (nSPS) is 19.8. The van der Waals surface area contributed by atoms with Gasteiger partial charge in [-0.3, -0.25) is 5.41 Å². The smallest absolute Gasteiger partial charge is 0.226 e. The third-order valence-electron chi connectivity index (χ3n) is 3.81. The number of nitrogens with two attached hydrogens (primary N) is 1. The molecule has 1 atom stereocenters. The van der Waals surface area contributed by atoms with E-state index in [0.29, 0.717) is 23.0 Å². The zero-order chi connectivity index (χ0) is 14.2. The minimum atomic E-state index is -0.00156. The van der Waals surface area contributed by atoms with Gasteiger partial charge < -0.3 is 10.6 Å². The third kappa shape index (κ3) is 3.03. The van der Waals surface area contributed by atoms with E-state index in [2.05, 4.69) is 35.6 Å². The molecule has 0 radical (unpaired) electrons. The molecule has 19 heavy (non-hydrogen) atoms. The Morgan fingerprint density at radius 1 is 1.42 bits per heavy atom. The molecule has 0 spiro atoms. The summed E-state index contributed by atoms with van der Waals surface area (Å²) >= 11 is 0. The quantitative estimate of drug-likeness (QED) is 0.630. The van der Waals surface area contributed by atoms with Crippen LogP contribution in [0.2, 0.25) is 0 Å². The number of rotatable bonds is 2. The Kier molecular flexibility index (Phi) is 3.47. The molecule has 1 saturated heterocycles. The van der Waals surface area contributed by atoms with Gasteiger partial charge >= 0.3 is 0 Å². The molecular weight excluding hydrogens is 238 g/mol. The molecule has 1 fully saturated rings. The first kappa shape index (κ1) is 13.8. The van der Waals surface area contributed by atoms with Gasteiger partial charge in [0.2, 0.25) is 5.95 Å². The lowest BCUT2D eigenvalue weighted by molar-refractivity contribution is 0.263. The van der Waals surface area contributed by atoms with Gasteiger partial charge in [0.25, 0.3) is 0 Å². The van der Waals surface area contributed by atoms with Crippen LogP contribution in [0.4, 0.5) is 5.95 Å². The second-order valence-corrected chi connectivity index (χ2v) is 6.41. The largest absolute Gasteiger partial charge is 0.382 e. The standard InChI is InChI=1S/C14H23N5/c1-9-7-11(12(15)16)18-13(17-9)19-6-5-10(8-19)14(2,3)4/h7,10H,5-6,8H2,1-4H3,(H3,15,16). The average molecular weight is 261 g/mol. The highest BCUT2D eigenvalue weighted by molar-refractivity contribution is 5.93. The van der Waals surface area contributed by atoms with Crippen molar-refractivity contribution < 1.29 is 0 Å². The van der Waals surface area contributed by atoms with Gasteiger partial charge in [0.1, 0.15) is 11.5 Å². The minimum absolute atomic E-state index is 0.00156. The van der Waals surface area contributed by atoms with Gasteiger partial charge in [-0.1, -0.05) is 20.8 Å². The van der Waals surface area contributed by atoms with Crippen molar-refractivity contribution in [2.45, 2.75) is 34.1 Å². The molecule has 2 heterocycles. The highest BCUT2D eigenvalue weighted by Crippen LogP contribution is 2.34. The van der Waals surface area contributed by atoms with E-state index in [0.717, 1.165) is 25.2 Å². The molecule has 1 aromatic rings. The second kappa shape index (κ2) is 4.79. The topological polar surface area (TPSA) is 78.9 Å². The van der Waals surface area contributed by atoms with Crippen LogP contribution in [0.15, 0.2) is 6.07 Å².